The fraction of sp³-hybridized carbons (Fsp3) is 0. The number of non-ortho nitro benzene ring substituents is 1. The Hall–Kier alpha value is -1.72. The van der Waals surface area contributed by atoms with Crippen molar-refractivity contribution >= 4 is 28.0 Å². The van der Waals surface area contributed by atoms with E-state index in [-0.39, 0.29) is 5.69 Å². The molecule has 92 valence electrons. The smallest absolute Gasteiger partial charge is 0.269 e. The Labute approximate surface area is 111 Å². The first-order chi connectivity index (χ1) is 8.58. The van der Waals surface area contributed by atoms with Gasteiger partial charge in [-0.25, -0.2) is 0 Å². The van der Waals surface area contributed by atoms with E-state index < -0.39 is 15.6 Å². The zero-order chi connectivity index (χ0) is 13.1. The van der Waals surface area contributed by atoms with Crippen LogP contribution in [-0.4, -0.2) is 4.92 Å². The molecular formula is C12H9ClN2O2S. The van der Waals surface area contributed by atoms with Crippen molar-refractivity contribution in [1.82, 2.24) is 0 Å². The monoisotopic (exact) mass is 280 g/mol. The number of halogens is 1. The Morgan fingerprint density at radius 2 is 1.44 bits per heavy atom. The van der Waals surface area contributed by atoms with Crippen LogP contribution in [0.4, 0.5) is 5.69 Å². The first-order valence-electron chi connectivity index (χ1n) is 5.03. The summed E-state index contributed by atoms with van der Waals surface area (Å²) in [5.41, 5.74) is 0.0341. The Morgan fingerprint density at radius 3 is 1.89 bits per heavy atom. The summed E-state index contributed by atoms with van der Waals surface area (Å²) in [5, 5.41) is 11.2. The number of nitrogens with zero attached hydrogens (tertiary/aromatic N) is 1. The Balaban J connectivity index is 2.28. The van der Waals surface area contributed by atoms with Gasteiger partial charge in [0.2, 0.25) is 0 Å². The summed E-state index contributed by atoms with van der Waals surface area (Å²) >= 11 is 5.78. The van der Waals surface area contributed by atoms with E-state index in [0.29, 0.717) is 5.02 Å². The lowest BCUT2D eigenvalue weighted by molar-refractivity contribution is -0.384. The molecule has 0 amide bonds. The molecule has 2 aromatic carbocycles. The minimum absolute atomic E-state index is 0.0341. The second-order valence-electron chi connectivity index (χ2n) is 3.51. The number of hydrogen-bond acceptors (Lipinski definition) is 3. The van der Waals surface area contributed by atoms with Gasteiger partial charge in [-0.15, -0.1) is 0 Å². The van der Waals surface area contributed by atoms with E-state index in [1.807, 2.05) is 0 Å². The zero-order valence-electron chi connectivity index (χ0n) is 9.17. The van der Waals surface area contributed by atoms with Crippen molar-refractivity contribution in [2.75, 3.05) is 0 Å². The second-order valence-corrected chi connectivity index (χ2v) is 5.50. The standard InChI is InChI=1S/C12H9ClN2O2S/c13-9-1-5-11(6-2-9)18(14)12-7-3-10(4-8-12)15(16)17/h1-8,14H. The van der Waals surface area contributed by atoms with Crippen molar-refractivity contribution in [2.45, 2.75) is 9.79 Å². The maximum absolute atomic E-state index is 10.5. The summed E-state index contributed by atoms with van der Waals surface area (Å²) in [4.78, 5) is 11.7. The highest BCUT2D eigenvalue weighted by Crippen LogP contribution is 2.21. The van der Waals surface area contributed by atoms with Gasteiger partial charge in [0, 0.05) is 26.9 Å². The van der Waals surface area contributed by atoms with Crippen LogP contribution in [0, 0.1) is 14.9 Å². The molecule has 1 atom stereocenters. The van der Waals surface area contributed by atoms with Crippen LogP contribution < -0.4 is 0 Å². The average Bonchev–Trinajstić information content (AvgIpc) is 2.39. The number of hydrogen-bond donors (Lipinski definition) is 1. The summed E-state index contributed by atoms with van der Waals surface area (Å²) in [5.74, 6) is 0. The number of benzene rings is 2. The molecule has 1 unspecified atom stereocenters. The quantitative estimate of drug-likeness (QED) is 0.681. The molecule has 0 aliphatic heterocycles. The van der Waals surface area contributed by atoms with Crippen molar-refractivity contribution in [2.24, 2.45) is 0 Å². The molecule has 0 aliphatic rings. The number of nitrogens with one attached hydrogen (secondary N) is 1. The van der Waals surface area contributed by atoms with Crippen molar-refractivity contribution in [1.29, 1.82) is 4.78 Å². The molecule has 2 rings (SSSR count). The van der Waals surface area contributed by atoms with Gasteiger partial charge in [-0.2, -0.15) is 0 Å². The molecule has 18 heavy (non-hydrogen) atoms. The molecular weight excluding hydrogens is 272 g/mol. The van der Waals surface area contributed by atoms with Gasteiger partial charge in [0.1, 0.15) is 0 Å². The lowest BCUT2D eigenvalue weighted by Gasteiger charge is -2.05. The van der Waals surface area contributed by atoms with Crippen molar-refractivity contribution in [3.05, 3.63) is 63.7 Å². The lowest BCUT2D eigenvalue weighted by Crippen LogP contribution is -1.92. The van der Waals surface area contributed by atoms with Gasteiger partial charge >= 0.3 is 0 Å². The van der Waals surface area contributed by atoms with Crippen LogP contribution in [-0.2, 0) is 10.7 Å². The number of rotatable bonds is 3. The first kappa shape index (κ1) is 12.7. The molecule has 0 heterocycles. The average molecular weight is 281 g/mol. The third-order valence-corrected chi connectivity index (χ3v) is 4.07. The normalized spacial score (nSPS) is 12.1. The van der Waals surface area contributed by atoms with Gasteiger partial charge < -0.3 is 0 Å². The molecule has 0 aliphatic carbocycles. The molecule has 0 radical (unpaired) electrons. The Kier molecular flexibility index (Phi) is 3.74. The molecule has 0 spiro atoms. The first-order valence-corrected chi connectivity index (χ1v) is 6.64. The minimum Gasteiger partial charge on any atom is -0.271 e. The van der Waals surface area contributed by atoms with Crippen LogP contribution in [0.1, 0.15) is 0 Å². The predicted octanol–water partition coefficient (Wildman–Crippen LogP) is 4.05. The minimum atomic E-state index is -0.858. The van der Waals surface area contributed by atoms with Gasteiger partial charge in [-0.1, -0.05) is 11.6 Å². The summed E-state index contributed by atoms with van der Waals surface area (Å²) in [6.45, 7) is 0. The van der Waals surface area contributed by atoms with E-state index in [1.165, 1.54) is 12.1 Å². The van der Waals surface area contributed by atoms with Gasteiger partial charge in [-0.05, 0) is 47.1 Å². The van der Waals surface area contributed by atoms with Crippen molar-refractivity contribution in [3.8, 4) is 0 Å². The van der Waals surface area contributed by atoms with Crippen LogP contribution in [0.25, 0.3) is 0 Å². The predicted molar refractivity (Wildman–Crippen MR) is 71.2 cm³/mol. The Morgan fingerprint density at radius 1 is 1.00 bits per heavy atom. The lowest BCUT2D eigenvalue weighted by atomic mass is 10.3. The number of nitro benzene ring substituents is 1. The van der Waals surface area contributed by atoms with Crippen LogP contribution in [0.3, 0.4) is 0 Å². The van der Waals surface area contributed by atoms with E-state index in [4.69, 9.17) is 16.4 Å². The van der Waals surface area contributed by atoms with Crippen LogP contribution in [0.5, 0.6) is 0 Å². The molecule has 0 bridgehead atoms. The highest BCUT2D eigenvalue weighted by atomic mass is 35.5. The Bertz CT molecular complexity index is 596. The molecule has 0 saturated heterocycles. The molecule has 0 fully saturated rings. The second kappa shape index (κ2) is 5.29. The summed E-state index contributed by atoms with van der Waals surface area (Å²) in [7, 11) is -0.858. The third-order valence-electron chi connectivity index (χ3n) is 2.33. The van der Waals surface area contributed by atoms with E-state index >= 15 is 0 Å². The molecule has 1 N–H and O–H groups in total. The van der Waals surface area contributed by atoms with Crippen LogP contribution in [0.15, 0.2) is 58.3 Å². The molecule has 4 nitrogen and oxygen atoms in total. The highest BCUT2D eigenvalue weighted by Gasteiger charge is 2.07. The van der Waals surface area contributed by atoms with E-state index in [1.54, 1.807) is 36.4 Å². The van der Waals surface area contributed by atoms with Gasteiger partial charge in [0.15, 0.2) is 0 Å². The molecule has 0 aromatic heterocycles. The van der Waals surface area contributed by atoms with Crippen LogP contribution in [0.2, 0.25) is 5.02 Å². The largest absolute Gasteiger partial charge is 0.271 e. The van der Waals surface area contributed by atoms with Gasteiger partial charge in [-0.3, -0.25) is 14.9 Å². The summed E-state index contributed by atoms with van der Waals surface area (Å²) in [6, 6.07) is 13.1. The SMILES string of the molecule is N=S(c1ccc(Cl)cc1)c1ccc([N+](=O)[O-])cc1. The molecule has 6 heteroatoms. The maximum Gasteiger partial charge on any atom is 0.269 e. The number of nitro groups is 1. The van der Waals surface area contributed by atoms with E-state index in [0.717, 1.165) is 9.79 Å². The van der Waals surface area contributed by atoms with Crippen molar-refractivity contribution in [3.63, 3.8) is 0 Å². The summed E-state index contributed by atoms with van der Waals surface area (Å²) in [6.07, 6.45) is 0. The molecule has 2 aromatic rings. The van der Waals surface area contributed by atoms with Crippen molar-refractivity contribution < 1.29 is 4.92 Å². The fourth-order valence-electron chi connectivity index (χ4n) is 1.41. The summed E-state index contributed by atoms with van der Waals surface area (Å²) < 4.78 is 8.12. The van der Waals surface area contributed by atoms with E-state index in [9.17, 15) is 10.1 Å². The fourth-order valence-corrected chi connectivity index (χ4v) is 2.63. The van der Waals surface area contributed by atoms with Gasteiger partial charge in [0.25, 0.3) is 5.69 Å². The highest BCUT2D eigenvalue weighted by molar-refractivity contribution is 7.86. The van der Waals surface area contributed by atoms with Gasteiger partial charge in [0.05, 0.1) is 4.92 Å². The third kappa shape index (κ3) is 2.75. The topological polar surface area (TPSA) is 67.0 Å². The van der Waals surface area contributed by atoms with E-state index in [2.05, 4.69) is 0 Å². The molecule has 0 saturated carbocycles. The maximum atomic E-state index is 10.5. The zero-order valence-corrected chi connectivity index (χ0v) is 10.7. The van der Waals surface area contributed by atoms with Crippen LogP contribution >= 0.6 is 11.6 Å².